The van der Waals surface area contributed by atoms with Gasteiger partial charge in [0.05, 0.1) is 0 Å². The van der Waals surface area contributed by atoms with Crippen molar-refractivity contribution in [1.29, 1.82) is 0 Å². The zero-order valence-corrected chi connectivity index (χ0v) is 8.48. The summed E-state index contributed by atoms with van der Waals surface area (Å²) in [6.45, 7) is 0. The van der Waals surface area contributed by atoms with E-state index in [1.807, 2.05) is 0 Å². The molecule has 1 rings (SSSR count). The van der Waals surface area contributed by atoms with Crippen LogP contribution in [0.4, 0.5) is 18.9 Å². The van der Waals surface area contributed by atoms with Gasteiger partial charge in [0.1, 0.15) is 0 Å². The van der Waals surface area contributed by atoms with Crippen LogP contribution >= 0.6 is 11.8 Å². The third-order valence-corrected chi connectivity index (χ3v) is 2.71. The Bertz CT molecular complexity index is 329. The molecule has 0 fully saturated rings. The molecule has 0 aliphatic heterocycles. The zero-order valence-electron chi connectivity index (χ0n) is 7.66. The predicted molar refractivity (Wildman–Crippen MR) is 53.6 cm³/mol. The smallest absolute Gasteiger partial charge is 0.399 e. The lowest BCUT2D eigenvalue weighted by Crippen LogP contribution is -2.30. The summed E-state index contributed by atoms with van der Waals surface area (Å²) in [6, 6.07) is 6.50. The molecule has 3 N–H and O–H groups in total. The quantitative estimate of drug-likeness (QED) is 0.626. The first kappa shape index (κ1) is 12.2. The van der Waals surface area contributed by atoms with E-state index >= 15 is 0 Å². The van der Waals surface area contributed by atoms with E-state index in [2.05, 4.69) is 0 Å². The summed E-state index contributed by atoms with van der Waals surface area (Å²) in [6.07, 6.45) is -6.86. The number of rotatable bonds is 3. The Balaban J connectivity index is 2.51. The molecule has 0 radical (unpaired) electrons. The van der Waals surface area contributed by atoms with Gasteiger partial charge in [0.25, 0.3) is 0 Å². The topological polar surface area (TPSA) is 46.2 Å². The summed E-state index contributed by atoms with van der Waals surface area (Å²) in [5, 5.41) is 8.74. The first-order chi connectivity index (χ1) is 6.89. The Morgan fingerprint density at radius 1 is 1.40 bits per heavy atom. The van der Waals surface area contributed by atoms with E-state index in [1.54, 1.807) is 24.3 Å². The first-order valence-electron chi connectivity index (χ1n) is 4.12. The van der Waals surface area contributed by atoms with Crippen LogP contribution in [0.15, 0.2) is 29.2 Å². The van der Waals surface area contributed by atoms with Gasteiger partial charge in [0.15, 0.2) is 6.10 Å². The second kappa shape index (κ2) is 4.76. The van der Waals surface area contributed by atoms with Gasteiger partial charge in [-0.05, 0) is 18.2 Å². The third-order valence-electron chi connectivity index (χ3n) is 1.64. The second-order valence-electron chi connectivity index (χ2n) is 2.94. The van der Waals surface area contributed by atoms with E-state index in [0.717, 1.165) is 11.8 Å². The Morgan fingerprint density at radius 3 is 2.60 bits per heavy atom. The number of thioether (sulfide) groups is 1. The normalized spacial score (nSPS) is 13.9. The fourth-order valence-corrected chi connectivity index (χ4v) is 1.81. The number of nitrogen functional groups attached to an aromatic ring is 1. The average Bonchev–Trinajstić information content (AvgIpc) is 2.12. The summed E-state index contributed by atoms with van der Waals surface area (Å²) < 4.78 is 35.8. The number of hydrogen-bond acceptors (Lipinski definition) is 3. The number of aliphatic hydroxyl groups excluding tert-OH is 1. The number of benzene rings is 1. The minimum atomic E-state index is -4.56. The number of alkyl halides is 3. The predicted octanol–water partition coefficient (Wildman–Crippen LogP) is 2.28. The molecule has 2 nitrogen and oxygen atoms in total. The molecule has 0 aliphatic carbocycles. The lowest BCUT2D eigenvalue weighted by molar-refractivity contribution is -0.195. The summed E-state index contributed by atoms with van der Waals surface area (Å²) in [5.74, 6) is -0.424. The van der Waals surface area contributed by atoms with Crippen LogP contribution in [0.5, 0.6) is 0 Å². The van der Waals surface area contributed by atoms with Gasteiger partial charge in [-0.2, -0.15) is 13.2 Å². The second-order valence-corrected chi connectivity index (χ2v) is 4.03. The highest BCUT2D eigenvalue weighted by molar-refractivity contribution is 7.99. The molecule has 15 heavy (non-hydrogen) atoms. The number of aliphatic hydroxyl groups is 1. The van der Waals surface area contributed by atoms with Crippen molar-refractivity contribution in [2.24, 2.45) is 0 Å². The lowest BCUT2D eigenvalue weighted by Gasteiger charge is -2.13. The molecule has 0 amide bonds. The minimum absolute atomic E-state index is 0.424. The summed E-state index contributed by atoms with van der Waals surface area (Å²) in [4.78, 5) is 0.610. The van der Waals surface area contributed by atoms with Crippen LogP contribution < -0.4 is 5.73 Å². The summed E-state index contributed by atoms with van der Waals surface area (Å²) in [5.41, 5.74) is 5.94. The standard InChI is InChI=1S/C9H10F3NOS/c10-9(11,12)8(14)5-15-7-3-1-2-6(13)4-7/h1-4,8,14H,5,13H2. The third kappa shape index (κ3) is 4.01. The maximum Gasteiger partial charge on any atom is 0.415 e. The van der Waals surface area contributed by atoms with Crippen molar-refractivity contribution in [2.45, 2.75) is 17.2 Å². The van der Waals surface area contributed by atoms with Crippen LogP contribution in [-0.4, -0.2) is 23.1 Å². The van der Waals surface area contributed by atoms with Crippen LogP contribution in [-0.2, 0) is 0 Å². The van der Waals surface area contributed by atoms with E-state index in [-0.39, 0.29) is 0 Å². The van der Waals surface area contributed by atoms with Gasteiger partial charge < -0.3 is 10.8 Å². The van der Waals surface area contributed by atoms with Crippen molar-refractivity contribution in [3.8, 4) is 0 Å². The molecule has 0 saturated heterocycles. The first-order valence-corrected chi connectivity index (χ1v) is 5.11. The largest absolute Gasteiger partial charge is 0.415 e. The molecule has 0 aliphatic rings. The van der Waals surface area contributed by atoms with Crippen LogP contribution in [0.25, 0.3) is 0 Å². The molecule has 0 saturated carbocycles. The molecule has 1 unspecified atom stereocenters. The summed E-state index contributed by atoms with van der Waals surface area (Å²) in [7, 11) is 0. The maximum atomic E-state index is 11.9. The molecule has 1 aromatic carbocycles. The highest BCUT2D eigenvalue weighted by Crippen LogP contribution is 2.27. The number of anilines is 1. The highest BCUT2D eigenvalue weighted by atomic mass is 32.2. The molecule has 0 bridgehead atoms. The van der Waals surface area contributed by atoms with Crippen LogP contribution in [0.3, 0.4) is 0 Å². The van der Waals surface area contributed by atoms with Gasteiger partial charge in [-0.3, -0.25) is 0 Å². The Kier molecular flexibility index (Phi) is 3.87. The van der Waals surface area contributed by atoms with Crippen molar-refractivity contribution in [1.82, 2.24) is 0 Å². The Hall–Kier alpha value is -0.880. The van der Waals surface area contributed by atoms with Crippen LogP contribution in [0.1, 0.15) is 0 Å². The highest BCUT2D eigenvalue weighted by Gasteiger charge is 2.37. The minimum Gasteiger partial charge on any atom is -0.399 e. The zero-order chi connectivity index (χ0) is 11.5. The average molecular weight is 237 g/mol. The maximum absolute atomic E-state index is 11.9. The van der Waals surface area contributed by atoms with Gasteiger partial charge in [-0.15, -0.1) is 11.8 Å². The molecule has 84 valence electrons. The molecule has 0 aromatic heterocycles. The van der Waals surface area contributed by atoms with E-state index in [4.69, 9.17) is 10.8 Å². The van der Waals surface area contributed by atoms with Gasteiger partial charge in [0.2, 0.25) is 0 Å². The molecule has 1 atom stereocenters. The lowest BCUT2D eigenvalue weighted by atomic mass is 10.3. The van der Waals surface area contributed by atoms with Gasteiger partial charge >= 0.3 is 6.18 Å². The van der Waals surface area contributed by atoms with Crippen LogP contribution in [0.2, 0.25) is 0 Å². The fraction of sp³-hybridized carbons (Fsp3) is 0.333. The fourth-order valence-electron chi connectivity index (χ4n) is 0.874. The number of hydrogen-bond donors (Lipinski definition) is 2. The van der Waals surface area contributed by atoms with E-state index in [1.165, 1.54) is 0 Å². The van der Waals surface area contributed by atoms with Crippen molar-refractivity contribution in [2.75, 3.05) is 11.5 Å². The van der Waals surface area contributed by atoms with Gasteiger partial charge in [-0.25, -0.2) is 0 Å². The molecule has 0 spiro atoms. The van der Waals surface area contributed by atoms with Gasteiger partial charge in [0, 0.05) is 16.3 Å². The van der Waals surface area contributed by atoms with Crippen LogP contribution in [0, 0.1) is 0 Å². The van der Waals surface area contributed by atoms with Crippen molar-refractivity contribution < 1.29 is 18.3 Å². The monoisotopic (exact) mass is 237 g/mol. The Labute approximate surface area is 89.3 Å². The van der Waals surface area contributed by atoms with E-state index < -0.39 is 18.0 Å². The number of halogens is 3. The van der Waals surface area contributed by atoms with E-state index in [0.29, 0.717) is 10.6 Å². The van der Waals surface area contributed by atoms with Crippen molar-refractivity contribution in [3.05, 3.63) is 24.3 Å². The Morgan fingerprint density at radius 2 is 2.07 bits per heavy atom. The molecule has 6 heteroatoms. The molecular formula is C9H10F3NOS. The van der Waals surface area contributed by atoms with Gasteiger partial charge in [-0.1, -0.05) is 6.07 Å². The van der Waals surface area contributed by atoms with Crippen molar-refractivity contribution >= 4 is 17.4 Å². The van der Waals surface area contributed by atoms with E-state index in [9.17, 15) is 13.2 Å². The number of nitrogens with two attached hydrogens (primary N) is 1. The SMILES string of the molecule is Nc1cccc(SCC(O)C(F)(F)F)c1. The van der Waals surface area contributed by atoms with Crippen molar-refractivity contribution in [3.63, 3.8) is 0 Å². The summed E-state index contributed by atoms with van der Waals surface area (Å²) >= 11 is 0.920. The molecule has 0 heterocycles. The molecular weight excluding hydrogens is 227 g/mol. The molecule has 1 aromatic rings.